The van der Waals surface area contributed by atoms with Crippen molar-refractivity contribution < 1.29 is 19.1 Å². The fourth-order valence-corrected chi connectivity index (χ4v) is 1.79. The third-order valence-corrected chi connectivity index (χ3v) is 3.04. The number of esters is 1. The third-order valence-electron chi connectivity index (χ3n) is 3.04. The summed E-state index contributed by atoms with van der Waals surface area (Å²) in [5.41, 5.74) is -0.562. The van der Waals surface area contributed by atoms with Crippen LogP contribution in [0.2, 0.25) is 0 Å². The van der Waals surface area contributed by atoms with E-state index in [9.17, 15) is 9.59 Å². The molecule has 1 saturated heterocycles. The Kier molecular flexibility index (Phi) is 4.68. The van der Waals surface area contributed by atoms with E-state index in [1.807, 2.05) is 6.92 Å². The van der Waals surface area contributed by atoms with Crippen LogP contribution in [0.15, 0.2) is 12.7 Å². The SMILES string of the molecule is C=CC[C@H]1O[C@@H](COC(=O)C(C)(C)C)C(=O)[C@H]1C. The normalized spacial score (nSPS) is 28.2. The van der Waals surface area contributed by atoms with Gasteiger partial charge in [-0.05, 0) is 27.2 Å². The monoisotopic (exact) mass is 254 g/mol. The molecular formula is C14H22O4. The van der Waals surface area contributed by atoms with E-state index in [4.69, 9.17) is 9.47 Å². The maximum Gasteiger partial charge on any atom is 0.311 e. The quantitative estimate of drug-likeness (QED) is 0.569. The van der Waals surface area contributed by atoms with Gasteiger partial charge in [-0.3, -0.25) is 9.59 Å². The van der Waals surface area contributed by atoms with Gasteiger partial charge in [-0.2, -0.15) is 0 Å². The first-order chi connectivity index (χ1) is 8.27. The molecule has 0 aromatic heterocycles. The molecule has 18 heavy (non-hydrogen) atoms. The number of hydrogen-bond acceptors (Lipinski definition) is 4. The minimum absolute atomic E-state index is 0.00330. The Labute approximate surface area is 108 Å². The second-order valence-corrected chi connectivity index (χ2v) is 5.73. The van der Waals surface area contributed by atoms with Crippen molar-refractivity contribution in [2.24, 2.45) is 11.3 Å². The maximum absolute atomic E-state index is 11.9. The standard InChI is InChI=1S/C14H22O4/c1-6-7-10-9(2)12(15)11(18-10)8-17-13(16)14(3,4)5/h6,9-11H,1,7-8H2,2-5H3/t9-,10+,11-/m0/s1. The van der Waals surface area contributed by atoms with Crippen LogP contribution in [0.5, 0.6) is 0 Å². The van der Waals surface area contributed by atoms with Gasteiger partial charge in [0.25, 0.3) is 0 Å². The highest BCUT2D eigenvalue weighted by atomic mass is 16.6. The fourth-order valence-electron chi connectivity index (χ4n) is 1.79. The summed E-state index contributed by atoms with van der Waals surface area (Å²) < 4.78 is 10.7. The Bertz CT molecular complexity index is 340. The predicted molar refractivity (Wildman–Crippen MR) is 68.1 cm³/mol. The molecule has 4 nitrogen and oxygen atoms in total. The second kappa shape index (κ2) is 5.65. The number of carbonyl (C=O) groups excluding carboxylic acids is 2. The van der Waals surface area contributed by atoms with E-state index in [0.29, 0.717) is 6.42 Å². The Morgan fingerprint density at radius 1 is 1.50 bits per heavy atom. The molecule has 0 unspecified atom stereocenters. The van der Waals surface area contributed by atoms with Crippen molar-refractivity contribution in [3.63, 3.8) is 0 Å². The van der Waals surface area contributed by atoms with E-state index in [0.717, 1.165) is 0 Å². The molecule has 0 N–H and O–H groups in total. The number of rotatable bonds is 4. The van der Waals surface area contributed by atoms with Crippen LogP contribution in [-0.2, 0) is 19.1 Å². The van der Waals surface area contributed by atoms with Crippen LogP contribution >= 0.6 is 0 Å². The zero-order valence-corrected chi connectivity index (χ0v) is 11.6. The highest BCUT2D eigenvalue weighted by molar-refractivity contribution is 5.88. The molecule has 3 atom stereocenters. The smallest absolute Gasteiger partial charge is 0.311 e. The Balaban J connectivity index is 2.52. The van der Waals surface area contributed by atoms with Gasteiger partial charge < -0.3 is 9.47 Å². The molecule has 0 amide bonds. The molecule has 1 fully saturated rings. The van der Waals surface area contributed by atoms with Crippen molar-refractivity contribution in [2.75, 3.05) is 6.61 Å². The van der Waals surface area contributed by atoms with Crippen molar-refractivity contribution >= 4 is 11.8 Å². The molecule has 1 aliphatic rings. The van der Waals surface area contributed by atoms with Crippen LogP contribution in [0.4, 0.5) is 0 Å². The summed E-state index contributed by atoms with van der Waals surface area (Å²) in [6, 6.07) is 0. The topological polar surface area (TPSA) is 52.6 Å². The van der Waals surface area contributed by atoms with Crippen molar-refractivity contribution in [1.82, 2.24) is 0 Å². The molecule has 0 aromatic carbocycles. The first-order valence-corrected chi connectivity index (χ1v) is 6.24. The van der Waals surface area contributed by atoms with E-state index < -0.39 is 11.5 Å². The molecule has 1 rings (SSSR count). The summed E-state index contributed by atoms with van der Waals surface area (Å²) in [5.74, 6) is -0.483. The summed E-state index contributed by atoms with van der Waals surface area (Å²) in [4.78, 5) is 23.5. The van der Waals surface area contributed by atoms with Crippen LogP contribution in [0, 0.1) is 11.3 Å². The van der Waals surface area contributed by atoms with E-state index >= 15 is 0 Å². The minimum Gasteiger partial charge on any atom is -0.462 e. The van der Waals surface area contributed by atoms with E-state index in [1.54, 1.807) is 26.8 Å². The highest BCUT2D eigenvalue weighted by Crippen LogP contribution is 2.26. The van der Waals surface area contributed by atoms with Crippen molar-refractivity contribution in [3.8, 4) is 0 Å². The molecule has 0 aliphatic carbocycles. The van der Waals surface area contributed by atoms with Crippen molar-refractivity contribution in [2.45, 2.75) is 46.3 Å². The molecule has 1 aliphatic heterocycles. The largest absolute Gasteiger partial charge is 0.462 e. The van der Waals surface area contributed by atoms with E-state index in [1.165, 1.54) is 0 Å². The average Bonchev–Trinajstić information content (AvgIpc) is 2.53. The fraction of sp³-hybridized carbons (Fsp3) is 0.714. The third kappa shape index (κ3) is 3.42. The molecule has 0 radical (unpaired) electrons. The molecule has 102 valence electrons. The number of hydrogen-bond donors (Lipinski definition) is 0. The first-order valence-electron chi connectivity index (χ1n) is 6.24. The van der Waals surface area contributed by atoms with Crippen LogP contribution < -0.4 is 0 Å². The Hall–Kier alpha value is -1.16. The lowest BCUT2D eigenvalue weighted by Crippen LogP contribution is -2.30. The van der Waals surface area contributed by atoms with Gasteiger partial charge in [0.05, 0.1) is 11.5 Å². The molecule has 0 saturated carbocycles. The summed E-state index contributed by atoms with van der Waals surface area (Å²) >= 11 is 0. The maximum atomic E-state index is 11.9. The van der Waals surface area contributed by atoms with E-state index in [-0.39, 0.29) is 30.4 Å². The minimum atomic E-state index is -0.628. The number of carbonyl (C=O) groups is 2. The van der Waals surface area contributed by atoms with Crippen LogP contribution in [0.3, 0.4) is 0 Å². The lowest BCUT2D eigenvalue weighted by Gasteiger charge is -2.18. The van der Waals surface area contributed by atoms with Crippen LogP contribution in [0.1, 0.15) is 34.1 Å². The van der Waals surface area contributed by atoms with Crippen LogP contribution in [0.25, 0.3) is 0 Å². The Morgan fingerprint density at radius 2 is 2.11 bits per heavy atom. The molecule has 1 heterocycles. The summed E-state index contributed by atoms with van der Waals surface area (Å²) in [7, 11) is 0. The second-order valence-electron chi connectivity index (χ2n) is 5.73. The lowest BCUT2D eigenvalue weighted by molar-refractivity contribution is -0.157. The zero-order chi connectivity index (χ0) is 13.9. The van der Waals surface area contributed by atoms with Gasteiger partial charge in [0.2, 0.25) is 0 Å². The van der Waals surface area contributed by atoms with Crippen LogP contribution in [-0.4, -0.2) is 30.6 Å². The number of ketones is 1. The molecular weight excluding hydrogens is 232 g/mol. The summed E-state index contributed by atoms with van der Waals surface area (Å²) in [6.45, 7) is 10.8. The number of ether oxygens (including phenoxy) is 2. The van der Waals surface area contributed by atoms with Gasteiger partial charge >= 0.3 is 5.97 Å². The van der Waals surface area contributed by atoms with Gasteiger partial charge in [-0.25, -0.2) is 0 Å². The summed E-state index contributed by atoms with van der Waals surface area (Å²) in [5, 5.41) is 0. The first kappa shape index (κ1) is 14.9. The zero-order valence-electron chi connectivity index (χ0n) is 11.6. The highest BCUT2D eigenvalue weighted by Gasteiger charge is 2.40. The van der Waals surface area contributed by atoms with Crippen molar-refractivity contribution in [1.29, 1.82) is 0 Å². The molecule has 4 heteroatoms. The summed E-state index contributed by atoms with van der Waals surface area (Å²) in [6.07, 6.45) is 1.60. The van der Waals surface area contributed by atoms with Gasteiger partial charge in [-0.1, -0.05) is 13.0 Å². The molecule has 0 bridgehead atoms. The molecule has 0 spiro atoms. The van der Waals surface area contributed by atoms with Gasteiger partial charge in [0.15, 0.2) is 11.9 Å². The molecule has 0 aromatic rings. The van der Waals surface area contributed by atoms with E-state index in [2.05, 4.69) is 6.58 Å². The van der Waals surface area contributed by atoms with Gasteiger partial charge in [0, 0.05) is 5.92 Å². The average molecular weight is 254 g/mol. The van der Waals surface area contributed by atoms with Crippen molar-refractivity contribution in [3.05, 3.63) is 12.7 Å². The Morgan fingerprint density at radius 3 is 2.61 bits per heavy atom. The predicted octanol–water partition coefficient (Wildman–Crippen LogP) is 2.12. The van der Waals surface area contributed by atoms with Gasteiger partial charge in [0.1, 0.15) is 6.61 Å². The number of Topliss-reactive ketones (excluding diaryl/α,β-unsaturated/α-hetero) is 1. The lowest BCUT2D eigenvalue weighted by atomic mass is 9.97. The van der Waals surface area contributed by atoms with Gasteiger partial charge in [-0.15, -0.1) is 6.58 Å².